The largest absolute Gasteiger partial charge is 0.297 e. The number of nitrogens with zero attached hydrogens (tertiary/aromatic N) is 1. The fraction of sp³-hybridized carbons (Fsp3) is 1.00. The first-order chi connectivity index (χ1) is 5.22. The molecule has 0 aromatic heterocycles. The van der Waals surface area contributed by atoms with Gasteiger partial charge in [-0.05, 0) is 41.5 Å². The average molecular weight is 170 g/mol. The molecule has 2 nitrogen and oxygen atoms in total. The van der Waals surface area contributed by atoms with E-state index in [0.29, 0.717) is 11.7 Å². The topological polar surface area (TPSA) is 15.0 Å². The number of hydrogen-bond donors (Lipinski definition) is 1. The van der Waals surface area contributed by atoms with Gasteiger partial charge in [0, 0.05) is 17.6 Å². The van der Waals surface area contributed by atoms with Gasteiger partial charge in [-0.25, -0.2) is 0 Å². The lowest BCUT2D eigenvalue weighted by atomic mass is 10.1. The minimum Gasteiger partial charge on any atom is -0.297 e. The van der Waals surface area contributed by atoms with E-state index in [2.05, 4.69) is 51.8 Å². The first-order valence-corrected chi connectivity index (χ1v) is 4.77. The lowest BCUT2D eigenvalue weighted by molar-refractivity contribution is 0.244. The lowest BCUT2D eigenvalue weighted by Crippen LogP contribution is -2.46. The fourth-order valence-corrected chi connectivity index (χ4v) is 1.75. The standard InChI is InChI=1S/C10H22N2/c1-8(11-9(2,3)4)12-7-10(12,5)6/h8,11H,7H2,1-6H3. The van der Waals surface area contributed by atoms with Gasteiger partial charge >= 0.3 is 0 Å². The van der Waals surface area contributed by atoms with Crippen molar-refractivity contribution in [1.29, 1.82) is 0 Å². The Hall–Kier alpha value is -0.0800. The van der Waals surface area contributed by atoms with E-state index in [1.54, 1.807) is 0 Å². The van der Waals surface area contributed by atoms with Crippen LogP contribution < -0.4 is 5.32 Å². The van der Waals surface area contributed by atoms with Gasteiger partial charge in [-0.2, -0.15) is 0 Å². The van der Waals surface area contributed by atoms with Crippen molar-refractivity contribution in [2.24, 2.45) is 0 Å². The van der Waals surface area contributed by atoms with Crippen LogP contribution in [-0.2, 0) is 0 Å². The first-order valence-electron chi connectivity index (χ1n) is 4.77. The summed E-state index contributed by atoms with van der Waals surface area (Å²) < 4.78 is 0. The van der Waals surface area contributed by atoms with Gasteiger partial charge in [0.2, 0.25) is 0 Å². The maximum atomic E-state index is 3.56. The zero-order valence-corrected chi connectivity index (χ0v) is 9.23. The summed E-state index contributed by atoms with van der Waals surface area (Å²) in [5, 5.41) is 3.56. The molecule has 1 rings (SSSR count). The van der Waals surface area contributed by atoms with Gasteiger partial charge < -0.3 is 0 Å². The molecule has 12 heavy (non-hydrogen) atoms. The predicted octanol–water partition coefficient (Wildman–Crippen LogP) is 1.81. The van der Waals surface area contributed by atoms with E-state index in [1.165, 1.54) is 6.54 Å². The third-order valence-corrected chi connectivity index (χ3v) is 2.34. The van der Waals surface area contributed by atoms with Crippen LogP contribution >= 0.6 is 0 Å². The second-order valence-corrected chi connectivity index (χ2v) is 5.51. The van der Waals surface area contributed by atoms with Crippen LogP contribution in [0.2, 0.25) is 0 Å². The molecule has 0 aromatic carbocycles. The molecule has 2 heteroatoms. The van der Waals surface area contributed by atoms with Crippen LogP contribution in [0.15, 0.2) is 0 Å². The minimum atomic E-state index is 0.220. The van der Waals surface area contributed by atoms with Crippen LogP contribution in [0.1, 0.15) is 41.5 Å². The average Bonchev–Trinajstić information content (AvgIpc) is 2.35. The third-order valence-electron chi connectivity index (χ3n) is 2.34. The van der Waals surface area contributed by atoms with Crippen LogP contribution in [0.5, 0.6) is 0 Å². The molecule has 1 saturated heterocycles. The molecule has 0 aliphatic carbocycles. The summed E-state index contributed by atoms with van der Waals surface area (Å²) in [6.45, 7) is 14.7. The molecule has 1 aliphatic heterocycles. The Labute approximate surface area is 76.3 Å². The van der Waals surface area contributed by atoms with E-state index in [1.807, 2.05) is 0 Å². The zero-order chi connectivity index (χ0) is 9.57. The minimum absolute atomic E-state index is 0.220. The monoisotopic (exact) mass is 170 g/mol. The van der Waals surface area contributed by atoms with Crippen molar-refractivity contribution in [3.63, 3.8) is 0 Å². The highest BCUT2D eigenvalue weighted by Crippen LogP contribution is 2.32. The predicted molar refractivity (Wildman–Crippen MR) is 53.1 cm³/mol. The molecule has 0 radical (unpaired) electrons. The van der Waals surface area contributed by atoms with Gasteiger partial charge in [0.1, 0.15) is 0 Å². The smallest absolute Gasteiger partial charge is 0.0578 e. The Morgan fingerprint density at radius 1 is 1.33 bits per heavy atom. The van der Waals surface area contributed by atoms with E-state index in [9.17, 15) is 0 Å². The van der Waals surface area contributed by atoms with Crippen LogP contribution in [0.4, 0.5) is 0 Å². The van der Waals surface area contributed by atoms with E-state index in [0.717, 1.165) is 0 Å². The van der Waals surface area contributed by atoms with Crippen molar-refractivity contribution in [2.75, 3.05) is 6.54 Å². The van der Waals surface area contributed by atoms with Crippen molar-refractivity contribution in [2.45, 2.75) is 58.8 Å². The Morgan fingerprint density at radius 2 is 1.75 bits per heavy atom. The van der Waals surface area contributed by atoms with E-state index < -0.39 is 0 Å². The molecule has 1 N–H and O–H groups in total. The molecule has 2 unspecified atom stereocenters. The Morgan fingerprint density at radius 3 is 2.00 bits per heavy atom. The van der Waals surface area contributed by atoms with Crippen molar-refractivity contribution in [1.82, 2.24) is 10.2 Å². The molecule has 0 aromatic rings. The molecule has 1 fully saturated rings. The molecule has 0 spiro atoms. The van der Waals surface area contributed by atoms with Gasteiger partial charge in [-0.3, -0.25) is 10.2 Å². The Kier molecular flexibility index (Phi) is 2.26. The summed E-state index contributed by atoms with van der Waals surface area (Å²) in [7, 11) is 0. The molecule has 0 bridgehead atoms. The van der Waals surface area contributed by atoms with Crippen LogP contribution in [0.25, 0.3) is 0 Å². The van der Waals surface area contributed by atoms with Gasteiger partial charge in [-0.15, -0.1) is 0 Å². The van der Waals surface area contributed by atoms with Crippen LogP contribution in [-0.4, -0.2) is 28.7 Å². The van der Waals surface area contributed by atoms with Gasteiger partial charge in [0.05, 0.1) is 6.17 Å². The van der Waals surface area contributed by atoms with Crippen molar-refractivity contribution in [3.8, 4) is 0 Å². The number of rotatable bonds is 2. The lowest BCUT2D eigenvalue weighted by Gasteiger charge is -2.28. The summed E-state index contributed by atoms with van der Waals surface area (Å²) in [4.78, 5) is 2.47. The normalized spacial score (nSPS) is 30.0. The fourth-order valence-electron chi connectivity index (χ4n) is 1.75. The Balaban J connectivity index is 2.37. The molecule has 0 saturated carbocycles. The summed E-state index contributed by atoms with van der Waals surface area (Å²) >= 11 is 0. The molecule has 72 valence electrons. The number of hydrogen-bond acceptors (Lipinski definition) is 2. The quantitative estimate of drug-likeness (QED) is 0.636. The number of nitrogens with one attached hydrogen (secondary N) is 1. The maximum absolute atomic E-state index is 3.56. The summed E-state index contributed by atoms with van der Waals surface area (Å²) in [5.74, 6) is 0. The molecular formula is C10H22N2. The molecule has 1 aliphatic rings. The highest BCUT2D eigenvalue weighted by molar-refractivity contribution is 5.02. The SMILES string of the molecule is CC(NC(C)(C)C)N1CC1(C)C. The van der Waals surface area contributed by atoms with Crippen LogP contribution in [0.3, 0.4) is 0 Å². The highest BCUT2D eigenvalue weighted by atomic mass is 15.4. The summed E-state index contributed by atoms with van der Waals surface area (Å²) in [6, 6.07) is 0. The van der Waals surface area contributed by atoms with Crippen molar-refractivity contribution in [3.05, 3.63) is 0 Å². The van der Waals surface area contributed by atoms with Gasteiger partial charge in [-0.1, -0.05) is 0 Å². The molecule has 1 heterocycles. The summed E-state index contributed by atoms with van der Waals surface area (Å²) in [5.41, 5.74) is 0.649. The maximum Gasteiger partial charge on any atom is 0.0578 e. The zero-order valence-electron chi connectivity index (χ0n) is 9.23. The van der Waals surface area contributed by atoms with E-state index in [4.69, 9.17) is 0 Å². The van der Waals surface area contributed by atoms with Gasteiger partial charge in [0.15, 0.2) is 0 Å². The Bertz CT molecular complexity index is 167. The first kappa shape index (κ1) is 10.0. The van der Waals surface area contributed by atoms with E-state index >= 15 is 0 Å². The van der Waals surface area contributed by atoms with Crippen molar-refractivity contribution >= 4 is 0 Å². The van der Waals surface area contributed by atoms with Crippen LogP contribution in [0, 0.1) is 0 Å². The second-order valence-electron chi connectivity index (χ2n) is 5.51. The molecular weight excluding hydrogens is 148 g/mol. The highest BCUT2D eigenvalue weighted by Gasteiger charge is 2.46. The molecule has 0 amide bonds. The second kappa shape index (κ2) is 2.71. The summed E-state index contributed by atoms with van der Waals surface area (Å²) in [6.07, 6.45) is 0.500. The van der Waals surface area contributed by atoms with E-state index in [-0.39, 0.29) is 5.54 Å². The van der Waals surface area contributed by atoms with Crippen molar-refractivity contribution < 1.29 is 0 Å². The third kappa shape index (κ3) is 2.46. The van der Waals surface area contributed by atoms with Gasteiger partial charge in [0.25, 0.3) is 0 Å². The molecule has 2 atom stereocenters.